The van der Waals surface area contributed by atoms with Gasteiger partial charge in [-0.1, -0.05) is 20.3 Å². The molecule has 1 saturated heterocycles. The summed E-state index contributed by atoms with van der Waals surface area (Å²) in [6, 6.07) is 0. The molecule has 0 atom stereocenters. The van der Waals surface area contributed by atoms with Gasteiger partial charge in [-0.05, 0) is 25.9 Å². The Kier molecular flexibility index (Phi) is 15.2. The number of hydrogen-bond acceptors (Lipinski definition) is 2. The third-order valence-corrected chi connectivity index (χ3v) is 1.21. The van der Waals surface area contributed by atoms with Gasteiger partial charge in [0.15, 0.2) is 0 Å². The molecule has 3 nitrogen and oxygen atoms in total. The fourth-order valence-electron chi connectivity index (χ4n) is 0.802. The highest BCUT2D eigenvalue weighted by molar-refractivity contribution is 5.62. The fraction of sp³-hybridized carbons (Fsp3) is 0.889. The maximum Gasteiger partial charge on any atom is 0.300 e. The zero-order valence-corrected chi connectivity index (χ0v) is 8.39. The number of aliphatic carboxylic acids is 1. The lowest BCUT2D eigenvalue weighted by molar-refractivity contribution is -0.134. The number of carboxylic acids is 1. The topological polar surface area (TPSA) is 49.3 Å². The number of hydrogen-bond donors (Lipinski definition) is 2. The summed E-state index contributed by atoms with van der Waals surface area (Å²) in [5.74, 6) is -0.833. The molecule has 1 heterocycles. The van der Waals surface area contributed by atoms with Gasteiger partial charge in [-0.15, -0.1) is 0 Å². The van der Waals surface area contributed by atoms with Gasteiger partial charge in [0.05, 0.1) is 0 Å². The summed E-state index contributed by atoms with van der Waals surface area (Å²) < 4.78 is 0. The molecule has 0 aromatic rings. The van der Waals surface area contributed by atoms with Crippen LogP contribution in [-0.4, -0.2) is 24.2 Å². The number of nitrogens with one attached hydrogen (secondary N) is 1. The first kappa shape index (κ1) is 14.0. The monoisotopic (exact) mass is 175 g/mol. The third-order valence-electron chi connectivity index (χ3n) is 1.21. The van der Waals surface area contributed by atoms with Gasteiger partial charge in [0, 0.05) is 6.92 Å². The maximum absolute atomic E-state index is 9.00. The number of carboxylic acid groups (broad SMARTS) is 1. The predicted octanol–water partition coefficient (Wildman–Crippen LogP) is 1.88. The van der Waals surface area contributed by atoms with Gasteiger partial charge in [-0.3, -0.25) is 4.79 Å². The first-order valence-electron chi connectivity index (χ1n) is 4.63. The van der Waals surface area contributed by atoms with Crippen molar-refractivity contribution >= 4 is 5.97 Å². The second-order valence-electron chi connectivity index (χ2n) is 2.33. The normalized spacial score (nSPS) is 14.6. The van der Waals surface area contributed by atoms with Gasteiger partial charge in [0.1, 0.15) is 0 Å². The van der Waals surface area contributed by atoms with Gasteiger partial charge >= 0.3 is 0 Å². The second kappa shape index (κ2) is 13.1. The molecular formula is C9H21NO2. The summed E-state index contributed by atoms with van der Waals surface area (Å²) in [7, 11) is 0. The van der Waals surface area contributed by atoms with Crippen molar-refractivity contribution in [2.45, 2.75) is 40.0 Å². The van der Waals surface area contributed by atoms with Crippen LogP contribution in [0.25, 0.3) is 0 Å². The van der Waals surface area contributed by atoms with E-state index in [1.165, 1.54) is 32.4 Å². The molecular weight excluding hydrogens is 154 g/mol. The van der Waals surface area contributed by atoms with E-state index in [4.69, 9.17) is 9.90 Å². The minimum Gasteiger partial charge on any atom is -0.481 e. The molecule has 1 aliphatic heterocycles. The molecule has 1 aliphatic rings. The van der Waals surface area contributed by atoms with Gasteiger partial charge in [-0.2, -0.15) is 0 Å². The summed E-state index contributed by atoms with van der Waals surface area (Å²) in [4.78, 5) is 9.00. The lowest BCUT2D eigenvalue weighted by Gasteiger charge is -2.08. The predicted molar refractivity (Wildman–Crippen MR) is 51.4 cm³/mol. The molecule has 0 radical (unpaired) electrons. The highest BCUT2D eigenvalue weighted by Crippen LogP contribution is 1.96. The molecule has 74 valence electrons. The summed E-state index contributed by atoms with van der Waals surface area (Å²) in [5.41, 5.74) is 0. The zero-order valence-electron chi connectivity index (χ0n) is 8.39. The van der Waals surface area contributed by atoms with E-state index in [0.29, 0.717) is 0 Å². The Morgan fingerprint density at radius 1 is 1.17 bits per heavy atom. The van der Waals surface area contributed by atoms with Crippen molar-refractivity contribution in [3.8, 4) is 0 Å². The second-order valence-corrected chi connectivity index (χ2v) is 2.33. The molecule has 0 bridgehead atoms. The van der Waals surface area contributed by atoms with Crippen LogP contribution in [0.3, 0.4) is 0 Å². The molecule has 1 rings (SSSR count). The standard InChI is InChI=1S/C5H11N.C2H4O2.C2H6/c1-2-4-6-5-3-1;1-2(3)4;1-2/h6H,1-5H2;1H3,(H,3,4);1-2H3. The van der Waals surface area contributed by atoms with Crippen molar-refractivity contribution in [1.82, 2.24) is 5.32 Å². The summed E-state index contributed by atoms with van der Waals surface area (Å²) in [5, 5.41) is 10.7. The molecule has 0 unspecified atom stereocenters. The van der Waals surface area contributed by atoms with Gasteiger partial charge in [0.25, 0.3) is 5.97 Å². The Bertz CT molecular complexity index is 75.0. The SMILES string of the molecule is C1CCNCC1.CC.CC(=O)O. The molecule has 1 fully saturated rings. The van der Waals surface area contributed by atoms with Crippen molar-refractivity contribution in [3.63, 3.8) is 0 Å². The van der Waals surface area contributed by atoms with E-state index in [-0.39, 0.29) is 0 Å². The molecule has 0 amide bonds. The Labute approximate surface area is 75.2 Å². The quantitative estimate of drug-likeness (QED) is 0.591. The van der Waals surface area contributed by atoms with Gasteiger partial charge < -0.3 is 10.4 Å². The van der Waals surface area contributed by atoms with Crippen molar-refractivity contribution in [3.05, 3.63) is 0 Å². The first-order valence-corrected chi connectivity index (χ1v) is 4.63. The Morgan fingerprint density at radius 2 is 1.50 bits per heavy atom. The van der Waals surface area contributed by atoms with Crippen LogP contribution in [0, 0.1) is 0 Å². The van der Waals surface area contributed by atoms with Crippen LogP contribution >= 0.6 is 0 Å². The third kappa shape index (κ3) is 22.7. The summed E-state index contributed by atoms with van der Waals surface area (Å²) >= 11 is 0. The minimum atomic E-state index is -0.833. The molecule has 0 spiro atoms. The van der Waals surface area contributed by atoms with E-state index < -0.39 is 5.97 Å². The van der Waals surface area contributed by atoms with E-state index in [1.807, 2.05) is 13.8 Å². The van der Waals surface area contributed by atoms with Gasteiger partial charge in [-0.25, -0.2) is 0 Å². The molecule has 12 heavy (non-hydrogen) atoms. The maximum atomic E-state index is 9.00. The first-order chi connectivity index (χ1) is 5.73. The van der Waals surface area contributed by atoms with E-state index >= 15 is 0 Å². The average molecular weight is 175 g/mol. The average Bonchev–Trinajstić information content (AvgIpc) is 2.10. The van der Waals surface area contributed by atoms with E-state index in [2.05, 4.69) is 5.32 Å². The van der Waals surface area contributed by atoms with E-state index in [0.717, 1.165) is 6.92 Å². The van der Waals surface area contributed by atoms with Crippen LogP contribution in [0.4, 0.5) is 0 Å². The highest BCUT2D eigenvalue weighted by atomic mass is 16.4. The van der Waals surface area contributed by atoms with Crippen molar-refractivity contribution < 1.29 is 9.90 Å². The lowest BCUT2D eigenvalue weighted by atomic mass is 10.2. The van der Waals surface area contributed by atoms with Gasteiger partial charge in [0.2, 0.25) is 0 Å². The Balaban J connectivity index is 0. The van der Waals surface area contributed by atoms with Crippen molar-refractivity contribution in [1.29, 1.82) is 0 Å². The number of carbonyl (C=O) groups is 1. The Hall–Kier alpha value is -0.570. The van der Waals surface area contributed by atoms with Crippen LogP contribution < -0.4 is 5.32 Å². The molecule has 0 aromatic carbocycles. The minimum absolute atomic E-state index is 0.833. The molecule has 2 N–H and O–H groups in total. The molecule has 0 aliphatic carbocycles. The molecule has 0 saturated carbocycles. The van der Waals surface area contributed by atoms with E-state index in [1.54, 1.807) is 0 Å². The van der Waals surface area contributed by atoms with Crippen molar-refractivity contribution in [2.24, 2.45) is 0 Å². The zero-order chi connectivity index (χ0) is 9.82. The number of rotatable bonds is 0. The lowest BCUT2D eigenvalue weighted by Crippen LogP contribution is -2.21. The van der Waals surface area contributed by atoms with Crippen LogP contribution in [-0.2, 0) is 4.79 Å². The van der Waals surface area contributed by atoms with Crippen LogP contribution in [0.5, 0.6) is 0 Å². The fourth-order valence-corrected chi connectivity index (χ4v) is 0.802. The molecule has 0 aromatic heterocycles. The summed E-state index contributed by atoms with van der Waals surface area (Å²) in [6.45, 7) is 7.58. The van der Waals surface area contributed by atoms with E-state index in [9.17, 15) is 0 Å². The smallest absolute Gasteiger partial charge is 0.300 e. The summed E-state index contributed by atoms with van der Waals surface area (Å²) in [6.07, 6.45) is 4.22. The Morgan fingerprint density at radius 3 is 1.58 bits per heavy atom. The van der Waals surface area contributed by atoms with Crippen LogP contribution in [0.15, 0.2) is 0 Å². The van der Waals surface area contributed by atoms with Crippen molar-refractivity contribution in [2.75, 3.05) is 13.1 Å². The highest BCUT2D eigenvalue weighted by Gasteiger charge is 1.93. The van der Waals surface area contributed by atoms with Crippen LogP contribution in [0.1, 0.15) is 40.0 Å². The number of piperidine rings is 1. The largest absolute Gasteiger partial charge is 0.481 e. The molecule has 3 heteroatoms. The van der Waals surface area contributed by atoms with Crippen LogP contribution in [0.2, 0.25) is 0 Å².